The van der Waals surface area contributed by atoms with Crippen LogP contribution in [0.25, 0.3) is 10.8 Å². The number of fused-ring (bicyclic) bond motifs is 1. The first-order valence-corrected chi connectivity index (χ1v) is 10.3. The zero-order valence-corrected chi connectivity index (χ0v) is 18.5. The van der Waals surface area contributed by atoms with Crippen molar-refractivity contribution < 1.29 is 9.53 Å². The van der Waals surface area contributed by atoms with Gasteiger partial charge < -0.3 is 20.3 Å². The van der Waals surface area contributed by atoms with E-state index >= 15 is 0 Å². The van der Waals surface area contributed by atoms with Gasteiger partial charge in [0.2, 0.25) is 5.90 Å². The summed E-state index contributed by atoms with van der Waals surface area (Å²) in [6.07, 6.45) is 5.00. The molecule has 3 heterocycles. The second kappa shape index (κ2) is 9.66. The molecule has 0 radical (unpaired) electrons. The molecule has 0 saturated carbocycles. The predicted molar refractivity (Wildman–Crippen MR) is 128 cm³/mol. The van der Waals surface area contributed by atoms with Crippen LogP contribution >= 0.6 is 12.4 Å². The zero-order valence-electron chi connectivity index (χ0n) is 17.7. The molecule has 5 rings (SSSR count). The summed E-state index contributed by atoms with van der Waals surface area (Å²) < 4.78 is 5.49. The van der Waals surface area contributed by atoms with Crippen LogP contribution in [0.1, 0.15) is 5.56 Å². The van der Waals surface area contributed by atoms with Gasteiger partial charge in [0.05, 0.1) is 0 Å². The maximum Gasteiger partial charge on any atom is 0.365 e. The summed E-state index contributed by atoms with van der Waals surface area (Å²) in [7, 11) is 0. The number of guanidine groups is 1. The topological polar surface area (TPSA) is 109 Å². The van der Waals surface area contributed by atoms with Crippen molar-refractivity contribution in [3.05, 3.63) is 78.4 Å². The minimum Gasteiger partial charge on any atom is -0.402 e. The van der Waals surface area contributed by atoms with E-state index in [1.165, 1.54) is 0 Å². The molecule has 3 aromatic rings. The number of hydrogen-bond donors (Lipinski definition) is 1. The van der Waals surface area contributed by atoms with E-state index in [-0.39, 0.29) is 12.4 Å². The van der Waals surface area contributed by atoms with Crippen molar-refractivity contribution in [2.75, 3.05) is 26.2 Å². The first-order valence-electron chi connectivity index (χ1n) is 10.3. The molecule has 33 heavy (non-hydrogen) atoms. The summed E-state index contributed by atoms with van der Waals surface area (Å²) in [6, 6.07) is 15.5. The third kappa shape index (κ3) is 4.78. The van der Waals surface area contributed by atoms with Crippen molar-refractivity contribution in [2.24, 2.45) is 15.7 Å². The maximum atomic E-state index is 12.4. The molecule has 10 heteroatoms. The van der Waals surface area contributed by atoms with E-state index < -0.39 is 5.97 Å². The lowest BCUT2D eigenvalue weighted by molar-refractivity contribution is -0.130. The highest BCUT2D eigenvalue weighted by atomic mass is 35.5. The molecule has 0 unspecified atom stereocenters. The van der Waals surface area contributed by atoms with Gasteiger partial charge in [0.25, 0.3) is 5.95 Å². The van der Waals surface area contributed by atoms with Gasteiger partial charge >= 0.3 is 5.97 Å². The van der Waals surface area contributed by atoms with Gasteiger partial charge in [-0.15, -0.1) is 12.4 Å². The molecule has 2 aliphatic rings. The van der Waals surface area contributed by atoms with Crippen molar-refractivity contribution in [3.8, 4) is 0 Å². The largest absolute Gasteiger partial charge is 0.402 e. The Morgan fingerprint density at radius 1 is 1.00 bits per heavy atom. The molecular formula is C23H22ClN7O2. The summed E-state index contributed by atoms with van der Waals surface area (Å²) in [5, 5.41) is 2.06. The average Bonchev–Trinajstić information content (AvgIpc) is 3.19. The molecule has 0 amide bonds. The number of piperazine rings is 1. The number of halogens is 1. The van der Waals surface area contributed by atoms with Gasteiger partial charge in [0, 0.05) is 50.3 Å². The van der Waals surface area contributed by atoms with Crippen molar-refractivity contribution in [3.63, 3.8) is 0 Å². The van der Waals surface area contributed by atoms with Crippen molar-refractivity contribution in [2.45, 2.75) is 0 Å². The minimum atomic E-state index is -0.447. The Kier molecular flexibility index (Phi) is 6.50. The molecule has 2 N–H and O–H groups in total. The number of ether oxygens (including phenoxy) is 1. The lowest BCUT2D eigenvalue weighted by Gasteiger charge is -2.34. The molecular weight excluding hydrogens is 442 g/mol. The van der Waals surface area contributed by atoms with E-state index in [9.17, 15) is 4.79 Å². The van der Waals surface area contributed by atoms with Crippen LogP contribution < -0.4 is 5.73 Å². The van der Waals surface area contributed by atoms with Crippen LogP contribution in [0.5, 0.6) is 0 Å². The smallest absolute Gasteiger partial charge is 0.365 e. The highest BCUT2D eigenvalue weighted by molar-refractivity contribution is 6.16. The lowest BCUT2D eigenvalue weighted by atomic mass is 10.0. The monoisotopic (exact) mass is 463 g/mol. The molecule has 1 aromatic heterocycles. The summed E-state index contributed by atoms with van der Waals surface area (Å²) in [5.41, 5.74) is 7.20. The van der Waals surface area contributed by atoms with E-state index in [2.05, 4.69) is 20.0 Å². The summed E-state index contributed by atoms with van der Waals surface area (Å²) >= 11 is 0. The van der Waals surface area contributed by atoms with Gasteiger partial charge in [-0.3, -0.25) is 0 Å². The van der Waals surface area contributed by atoms with E-state index in [0.717, 1.165) is 16.3 Å². The van der Waals surface area contributed by atoms with Crippen LogP contribution in [0, 0.1) is 0 Å². The average molecular weight is 464 g/mol. The number of benzene rings is 2. The molecule has 2 aromatic carbocycles. The highest BCUT2D eigenvalue weighted by Crippen LogP contribution is 2.24. The van der Waals surface area contributed by atoms with E-state index in [1.54, 1.807) is 24.7 Å². The van der Waals surface area contributed by atoms with Crippen molar-refractivity contribution >= 4 is 47.0 Å². The summed E-state index contributed by atoms with van der Waals surface area (Å²) in [4.78, 5) is 33.3. The number of esters is 1. The van der Waals surface area contributed by atoms with Gasteiger partial charge in [-0.1, -0.05) is 36.4 Å². The van der Waals surface area contributed by atoms with E-state index in [0.29, 0.717) is 49.7 Å². The quantitative estimate of drug-likeness (QED) is 0.275. The maximum absolute atomic E-state index is 12.4. The third-order valence-corrected chi connectivity index (χ3v) is 5.35. The van der Waals surface area contributed by atoms with Gasteiger partial charge in [-0.05, 0) is 22.9 Å². The Bertz CT molecular complexity index is 1250. The van der Waals surface area contributed by atoms with Crippen LogP contribution in [0.4, 0.5) is 5.95 Å². The van der Waals surface area contributed by atoms with Gasteiger partial charge in [0.15, 0.2) is 11.7 Å². The Morgan fingerprint density at radius 2 is 1.73 bits per heavy atom. The first kappa shape index (κ1) is 22.2. The number of aromatic nitrogens is 2. The van der Waals surface area contributed by atoms with Gasteiger partial charge in [-0.25, -0.2) is 19.8 Å². The standard InChI is InChI=1S/C23H21N7O2.ClH/c24-22(28-23-25-9-4-10-26-23)30-13-11-29(12-14-30)15-19-21(31)32-20(27-19)18-8-3-6-16-5-1-2-7-17(16)18;/h1-10,15H,11-14H2,(H2,24,25,26,28);1H/b19-15+;. The Balaban J connectivity index is 0.00000259. The zero-order chi connectivity index (χ0) is 21.9. The molecule has 1 fully saturated rings. The SMILES string of the molecule is Cl.N/C(=N/c1ncccn1)N1CCN(/C=C2/N=C(c3cccc4ccccc34)OC2=O)CC1. The Hall–Kier alpha value is -3.98. The molecule has 0 bridgehead atoms. The number of carbonyl (C=O) groups excluding carboxylic acids is 1. The van der Waals surface area contributed by atoms with Gasteiger partial charge in [-0.2, -0.15) is 4.99 Å². The number of carbonyl (C=O) groups is 1. The minimum absolute atomic E-state index is 0. The van der Waals surface area contributed by atoms with Crippen molar-refractivity contribution in [1.82, 2.24) is 19.8 Å². The number of nitrogens with two attached hydrogens (primary N) is 1. The second-order valence-electron chi connectivity index (χ2n) is 7.39. The lowest BCUT2D eigenvalue weighted by Crippen LogP contribution is -2.49. The number of aliphatic imine (C=N–C) groups is 2. The fraction of sp³-hybridized carbons (Fsp3) is 0.174. The molecule has 2 aliphatic heterocycles. The molecule has 1 saturated heterocycles. The van der Waals surface area contributed by atoms with Crippen LogP contribution in [-0.2, 0) is 9.53 Å². The highest BCUT2D eigenvalue weighted by Gasteiger charge is 2.27. The Morgan fingerprint density at radius 3 is 2.52 bits per heavy atom. The van der Waals surface area contributed by atoms with E-state index in [1.807, 2.05) is 52.3 Å². The fourth-order valence-corrected chi connectivity index (χ4v) is 3.70. The number of cyclic esters (lactones) is 1. The normalized spacial score (nSPS) is 17.7. The molecule has 9 nitrogen and oxygen atoms in total. The second-order valence-corrected chi connectivity index (χ2v) is 7.39. The van der Waals surface area contributed by atoms with Crippen LogP contribution in [0.3, 0.4) is 0 Å². The fourth-order valence-electron chi connectivity index (χ4n) is 3.70. The Labute approximate surface area is 196 Å². The molecule has 0 atom stereocenters. The predicted octanol–water partition coefficient (Wildman–Crippen LogP) is 2.46. The summed E-state index contributed by atoms with van der Waals surface area (Å²) in [5.74, 6) is 0.590. The molecule has 0 aliphatic carbocycles. The van der Waals surface area contributed by atoms with Crippen LogP contribution in [-0.4, -0.2) is 63.8 Å². The first-order chi connectivity index (χ1) is 15.7. The number of rotatable bonds is 3. The molecule has 168 valence electrons. The number of hydrogen-bond acceptors (Lipinski definition) is 7. The van der Waals surface area contributed by atoms with Gasteiger partial charge in [0.1, 0.15) is 0 Å². The molecule has 0 spiro atoms. The van der Waals surface area contributed by atoms with Crippen molar-refractivity contribution in [1.29, 1.82) is 0 Å². The third-order valence-electron chi connectivity index (χ3n) is 5.35. The van der Waals surface area contributed by atoms with Crippen LogP contribution in [0.15, 0.2) is 82.8 Å². The van der Waals surface area contributed by atoms with Crippen LogP contribution in [0.2, 0.25) is 0 Å². The van der Waals surface area contributed by atoms with E-state index in [4.69, 9.17) is 10.5 Å². The summed E-state index contributed by atoms with van der Waals surface area (Å²) in [6.45, 7) is 2.64. The number of nitrogens with zero attached hydrogens (tertiary/aromatic N) is 6.